The number of alkyl halides is 2. The summed E-state index contributed by atoms with van der Waals surface area (Å²) in [6.07, 6.45) is 9.11. The number of aromatic nitrogens is 10. The highest BCUT2D eigenvalue weighted by atomic mass is 35.5. The lowest BCUT2D eigenvalue weighted by molar-refractivity contribution is -0.659. The number of nitrogens with one attached hydrogen (secondary N) is 1. The van der Waals surface area contributed by atoms with Crippen molar-refractivity contribution in [1.82, 2.24) is 45.1 Å². The second-order valence-corrected chi connectivity index (χ2v) is 9.67. The molecule has 0 spiro atoms. The van der Waals surface area contributed by atoms with Crippen molar-refractivity contribution in [1.29, 1.82) is 0 Å². The van der Waals surface area contributed by atoms with Gasteiger partial charge in [0.05, 0.1) is 34.1 Å². The molecule has 0 amide bonds. The molecule has 38 heavy (non-hydrogen) atoms. The standard InChI is InChI=1S/C24H20ClF3N10/c1-13-6-15(13)7-20(36-10-16(9-32-36)23-30-11-33-38(23)24(27)28)18-4-2-14(8-29-18)21-19(37-12-31-34-35-37)5-3-17(25)22(21)26/h2-5,8-13,15,20,24H,6-7H2,1H3/p+1/t13?,15-,20-/m1/s1. The lowest BCUT2D eigenvalue weighted by atomic mass is 10.0. The zero-order valence-corrected chi connectivity index (χ0v) is 20.7. The average Bonchev–Trinajstić information content (AvgIpc) is 3.44. The summed E-state index contributed by atoms with van der Waals surface area (Å²) in [5, 5.41) is 18.2. The number of hydrogen-bond donors (Lipinski definition) is 1. The zero-order chi connectivity index (χ0) is 26.4. The Kier molecular flexibility index (Phi) is 6.14. The molecule has 0 radical (unpaired) electrons. The molecule has 6 rings (SSSR count). The summed E-state index contributed by atoms with van der Waals surface area (Å²) in [4.78, 5) is 8.65. The SMILES string of the molecule is CC1C[C@@H]1C[C@H](c1ccc(-c2c(-[n+]3cnn[nH]3)ccc(Cl)c2F)cn1)n1cc(-c2ncnn2C(F)F)cn1. The van der Waals surface area contributed by atoms with Crippen LogP contribution in [0.1, 0.15) is 38.1 Å². The molecule has 1 aliphatic rings. The van der Waals surface area contributed by atoms with Crippen LogP contribution in [-0.4, -0.2) is 45.1 Å². The fourth-order valence-corrected chi connectivity index (χ4v) is 4.82. The predicted molar refractivity (Wildman–Crippen MR) is 129 cm³/mol. The first-order valence-electron chi connectivity index (χ1n) is 11.8. The minimum atomic E-state index is -2.82. The maximum absolute atomic E-state index is 15.2. The molecule has 0 bridgehead atoms. The van der Waals surface area contributed by atoms with Crippen molar-refractivity contribution >= 4 is 11.6 Å². The van der Waals surface area contributed by atoms with Crippen LogP contribution in [0.2, 0.25) is 5.02 Å². The summed E-state index contributed by atoms with van der Waals surface area (Å²) in [5.41, 5.74) is 2.35. The van der Waals surface area contributed by atoms with E-state index < -0.39 is 12.4 Å². The Morgan fingerprint density at radius 2 is 1.97 bits per heavy atom. The Morgan fingerprint density at radius 1 is 1.13 bits per heavy atom. The van der Waals surface area contributed by atoms with Gasteiger partial charge in [0.15, 0.2) is 16.9 Å². The van der Waals surface area contributed by atoms with Crippen molar-refractivity contribution in [3.05, 3.63) is 72.0 Å². The fraction of sp³-hybridized carbons (Fsp3) is 0.292. The summed E-state index contributed by atoms with van der Waals surface area (Å²) in [6, 6.07) is 6.45. The van der Waals surface area contributed by atoms with Gasteiger partial charge in [-0.2, -0.15) is 23.7 Å². The molecule has 3 atom stereocenters. The molecule has 1 saturated carbocycles. The first-order valence-corrected chi connectivity index (χ1v) is 12.2. The van der Waals surface area contributed by atoms with Crippen molar-refractivity contribution < 1.29 is 17.9 Å². The quantitative estimate of drug-likeness (QED) is 0.291. The van der Waals surface area contributed by atoms with Crippen molar-refractivity contribution in [3.8, 4) is 28.2 Å². The lowest BCUT2D eigenvalue weighted by Gasteiger charge is -2.18. The third-order valence-electron chi connectivity index (χ3n) is 6.87. The molecule has 1 unspecified atom stereocenters. The van der Waals surface area contributed by atoms with Crippen molar-refractivity contribution in [2.45, 2.75) is 32.4 Å². The summed E-state index contributed by atoms with van der Waals surface area (Å²) < 4.78 is 45.6. The highest BCUT2D eigenvalue weighted by molar-refractivity contribution is 6.31. The van der Waals surface area contributed by atoms with Crippen molar-refractivity contribution in [2.24, 2.45) is 11.8 Å². The maximum Gasteiger partial charge on any atom is 0.335 e. The molecule has 4 aromatic heterocycles. The molecule has 194 valence electrons. The number of halogens is 4. The molecule has 0 saturated heterocycles. The Hall–Kier alpha value is -4.13. The van der Waals surface area contributed by atoms with Gasteiger partial charge in [-0.1, -0.05) is 29.8 Å². The molecule has 10 nitrogen and oxygen atoms in total. The van der Waals surface area contributed by atoms with E-state index in [9.17, 15) is 8.78 Å². The van der Waals surface area contributed by atoms with E-state index in [1.165, 1.54) is 23.3 Å². The van der Waals surface area contributed by atoms with Gasteiger partial charge < -0.3 is 0 Å². The third kappa shape index (κ3) is 4.42. The summed E-state index contributed by atoms with van der Waals surface area (Å²) >= 11 is 6.10. The molecule has 1 aliphatic carbocycles. The van der Waals surface area contributed by atoms with E-state index in [1.54, 1.807) is 29.2 Å². The second kappa shape index (κ2) is 9.63. The highest BCUT2D eigenvalue weighted by Crippen LogP contribution is 2.45. The average molecular weight is 542 g/mol. The Balaban J connectivity index is 1.36. The van der Waals surface area contributed by atoms with Crippen molar-refractivity contribution in [3.63, 3.8) is 0 Å². The van der Waals surface area contributed by atoms with Crippen LogP contribution in [0.3, 0.4) is 0 Å². The predicted octanol–water partition coefficient (Wildman–Crippen LogP) is 4.42. The molecular weight excluding hydrogens is 521 g/mol. The van der Waals surface area contributed by atoms with Crippen LogP contribution in [0, 0.1) is 17.7 Å². The van der Waals surface area contributed by atoms with E-state index >= 15 is 4.39 Å². The van der Waals surface area contributed by atoms with E-state index in [-0.39, 0.29) is 22.5 Å². The van der Waals surface area contributed by atoms with E-state index in [0.717, 1.165) is 19.2 Å². The Morgan fingerprint density at radius 3 is 2.66 bits per heavy atom. The number of nitrogens with zero attached hydrogens (tertiary/aromatic N) is 9. The Bertz CT molecular complexity index is 1560. The number of tetrazole rings is 1. The first kappa shape index (κ1) is 24.2. The van der Waals surface area contributed by atoms with Gasteiger partial charge in [-0.25, -0.2) is 9.37 Å². The van der Waals surface area contributed by atoms with Gasteiger partial charge >= 0.3 is 6.55 Å². The van der Waals surface area contributed by atoms with Gasteiger partial charge in [0.2, 0.25) is 0 Å². The van der Waals surface area contributed by atoms with Gasteiger partial charge in [0.1, 0.15) is 17.1 Å². The number of benzene rings is 1. The van der Waals surface area contributed by atoms with Crippen LogP contribution in [-0.2, 0) is 0 Å². The number of aromatic amines is 1. The minimum Gasteiger partial charge on any atom is -0.263 e. The summed E-state index contributed by atoms with van der Waals surface area (Å²) in [7, 11) is 0. The van der Waals surface area contributed by atoms with Gasteiger partial charge in [-0.15, -0.1) is 4.68 Å². The number of H-pyrrole nitrogens is 1. The summed E-state index contributed by atoms with van der Waals surface area (Å²) in [6.45, 7) is -0.635. The molecule has 5 aromatic rings. The third-order valence-corrected chi connectivity index (χ3v) is 7.16. The molecule has 1 aromatic carbocycles. The maximum atomic E-state index is 15.2. The smallest absolute Gasteiger partial charge is 0.263 e. The van der Waals surface area contributed by atoms with Gasteiger partial charge in [-0.05, 0) is 42.9 Å². The second-order valence-electron chi connectivity index (χ2n) is 9.27. The van der Waals surface area contributed by atoms with Crippen LogP contribution in [0.25, 0.3) is 28.2 Å². The van der Waals surface area contributed by atoms with Crippen LogP contribution in [0.4, 0.5) is 13.2 Å². The minimum absolute atomic E-state index is 0.0257. The molecular formula is C24H21ClF3N10+. The molecule has 4 heterocycles. The topological polar surface area (TPSA) is 107 Å². The number of hydrogen-bond acceptors (Lipinski definition) is 6. The normalized spacial score (nSPS) is 17.7. The number of pyridine rings is 1. The van der Waals surface area contributed by atoms with Crippen LogP contribution >= 0.6 is 11.6 Å². The van der Waals surface area contributed by atoms with Gasteiger partial charge in [-0.3, -0.25) is 9.67 Å². The van der Waals surface area contributed by atoms with Gasteiger partial charge in [0, 0.05) is 18.0 Å². The van der Waals surface area contributed by atoms with Crippen LogP contribution in [0.5, 0.6) is 0 Å². The number of rotatable bonds is 8. The Labute approximate surface area is 219 Å². The molecule has 14 heteroatoms. The lowest BCUT2D eigenvalue weighted by Crippen LogP contribution is -2.33. The largest absolute Gasteiger partial charge is 0.335 e. The van der Waals surface area contributed by atoms with E-state index in [4.69, 9.17) is 11.6 Å². The fourth-order valence-electron chi connectivity index (χ4n) is 4.66. The zero-order valence-electron chi connectivity index (χ0n) is 20.0. The molecule has 1 N–H and O–H groups in total. The van der Waals surface area contributed by atoms with E-state index in [1.807, 2.05) is 6.07 Å². The highest BCUT2D eigenvalue weighted by Gasteiger charge is 2.36. The van der Waals surface area contributed by atoms with Crippen LogP contribution in [0.15, 0.2) is 55.5 Å². The van der Waals surface area contributed by atoms with Gasteiger partial charge in [0.25, 0.3) is 6.33 Å². The first-order chi connectivity index (χ1) is 18.4. The monoisotopic (exact) mass is 541 g/mol. The summed E-state index contributed by atoms with van der Waals surface area (Å²) in [5.74, 6) is 0.504. The van der Waals surface area contributed by atoms with Crippen molar-refractivity contribution in [2.75, 3.05) is 0 Å². The molecule has 1 fully saturated rings. The van der Waals surface area contributed by atoms with E-state index in [0.29, 0.717) is 39.0 Å². The molecule has 0 aliphatic heterocycles. The van der Waals surface area contributed by atoms with E-state index in [2.05, 4.69) is 42.6 Å². The van der Waals surface area contributed by atoms with Crippen LogP contribution < -0.4 is 4.68 Å².